The molecular weight excluding hydrogens is 325 g/mol. The monoisotopic (exact) mass is 333 g/mol. The van der Waals surface area contributed by atoms with Crippen LogP contribution in [0.2, 0.25) is 0 Å². The van der Waals surface area contributed by atoms with Gasteiger partial charge in [0.15, 0.2) is 0 Å². The van der Waals surface area contributed by atoms with E-state index in [0.29, 0.717) is 6.07 Å². The summed E-state index contributed by atoms with van der Waals surface area (Å²) in [6.07, 6.45) is -8.81. The number of carbonyl (C=O) groups is 1. The molecule has 4 nitrogen and oxygen atoms in total. The van der Waals surface area contributed by atoms with Crippen LogP contribution < -0.4 is 4.74 Å². The van der Waals surface area contributed by atoms with Crippen LogP contribution in [-0.2, 0) is 21.8 Å². The van der Waals surface area contributed by atoms with E-state index >= 15 is 0 Å². The summed E-state index contributed by atoms with van der Waals surface area (Å²) in [6.45, 7) is 0. The van der Waals surface area contributed by atoms with Crippen LogP contribution in [0.3, 0.4) is 0 Å². The Morgan fingerprint density at radius 2 is 2.05 bits per heavy atom. The van der Waals surface area contributed by atoms with Gasteiger partial charge in [0.05, 0.1) is 19.2 Å². The molecule has 0 N–H and O–H groups in total. The van der Waals surface area contributed by atoms with E-state index in [4.69, 9.17) is 11.6 Å². The highest BCUT2D eigenvalue weighted by Gasteiger charge is 2.33. The molecule has 1 heterocycles. The van der Waals surface area contributed by atoms with Gasteiger partial charge in [0, 0.05) is 17.5 Å². The zero-order valence-corrected chi connectivity index (χ0v) is 11.3. The van der Waals surface area contributed by atoms with Gasteiger partial charge in [0.1, 0.15) is 0 Å². The van der Waals surface area contributed by atoms with Crippen LogP contribution in [0.1, 0.15) is 23.2 Å². The lowest BCUT2D eigenvalue weighted by molar-refractivity contribution is -0.276. The first-order valence-electron chi connectivity index (χ1n) is 5.37. The molecule has 0 aromatic carbocycles. The third-order valence-corrected chi connectivity index (χ3v) is 2.62. The number of ether oxygens (including phenoxy) is 2. The van der Waals surface area contributed by atoms with Crippen LogP contribution in [-0.4, -0.2) is 24.4 Å². The molecule has 10 heteroatoms. The van der Waals surface area contributed by atoms with Gasteiger partial charge in [-0.15, -0.1) is 24.8 Å². The second-order valence-corrected chi connectivity index (χ2v) is 3.98. The Bertz CT molecular complexity index is 521. The summed E-state index contributed by atoms with van der Waals surface area (Å²) < 4.78 is 70.1. The topological polar surface area (TPSA) is 48.4 Å². The van der Waals surface area contributed by atoms with Gasteiger partial charge < -0.3 is 9.47 Å². The zero-order chi connectivity index (χ0) is 16.2. The second-order valence-electron chi connectivity index (χ2n) is 3.71. The van der Waals surface area contributed by atoms with Gasteiger partial charge in [-0.1, -0.05) is 0 Å². The van der Waals surface area contributed by atoms with Gasteiger partial charge in [0.25, 0.3) is 6.43 Å². The summed E-state index contributed by atoms with van der Waals surface area (Å²) in [7, 11) is 1.03. The number of hydrogen-bond donors (Lipinski definition) is 0. The number of aromatic nitrogens is 1. The Morgan fingerprint density at radius 3 is 2.48 bits per heavy atom. The highest BCUT2D eigenvalue weighted by Crippen LogP contribution is 2.31. The minimum absolute atomic E-state index is 0.230. The predicted molar refractivity (Wildman–Crippen MR) is 61.2 cm³/mol. The molecule has 0 atom stereocenters. The summed E-state index contributed by atoms with van der Waals surface area (Å²) in [5.41, 5.74) is -1.36. The molecule has 1 aromatic heterocycles. The summed E-state index contributed by atoms with van der Waals surface area (Å²) in [4.78, 5) is 14.6. The summed E-state index contributed by atoms with van der Waals surface area (Å²) in [6, 6.07) is 0.441. The second kappa shape index (κ2) is 6.88. The number of methoxy groups -OCH3 is 1. The average molecular weight is 334 g/mol. The largest absolute Gasteiger partial charge is 0.574 e. The number of esters is 1. The number of nitrogens with zero attached hydrogens (tertiary/aromatic N) is 1. The number of pyridine rings is 1. The van der Waals surface area contributed by atoms with Crippen molar-refractivity contribution in [1.82, 2.24) is 4.98 Å². The van der Waals surface area contributed by atoms with Crippen molar-refractivity contribution < 1.29 is 36.2 Å². The van der Waals surface area contributed by atoms with Crippen LogP contribution >= 0.6 is 11.6 Å². The fourth-order valence-corrected chi connectivity index (χ4v) is 1.80. The third kappa shape index (κ3) is 5.00. The summed E-state index contributed by atoms with van der Waals surface area (Å²) in [5.74, 6) is -2.41. The molecule has 0 radical (unpaired) electrons. The molecule has 0 amide bonds. The molecule has 1 rings (SSSR count). The fourth-order valence-electron chi connectivity index (χ4n) is 1.49. The Labute approximate surface area is 120 Å². The maximum atomic E-state index is 12.9. The number of halogens is 6. The van der Waals surface area contributed by atoms with Gasteiger partial charge in [-0.05, 0) is 5.56 Å². The van der Waals surface area contributed by atoms with Crippen molar-refractivity contribution in [3.63, 3.8) is 0 Å². The van der Waals surface area contributed by atoms with Crippen molar-refractivity contribution in [3.8, 4) is 5.88 Å². The molecule has 118 valence electrons. The molecule has 0 unspecified atom stereocenters. The summed E-state index contributed by atoms with van der Waals surface area (Å²) in [5, 5.41) is 0. The Kier molecular flexibility index (Phi) is 5.70. The first-order chi connectivity index (χ1) is 9.67. The Balaban J connectivity index is 3.33. The molecule has 1 aromatic rings. The van der Waals surface area contributed by atoms with E-state index in [-0.39, 0.29) is 11.3 Å². The van der Waals surface area contributed by atoms with E-state index in [0.717, 1.165) is 7.11 Å². The van der Waals surface area contributed by atoms with Gasteiger partial charge >= 0.3 is 12.3 Å². The van der Waals surface area contributed by atoms with E-state index in [2.05, 4.69) is 14.5 Å². The Morgan fingerprint density at radius 1 is 1.43 bits per heavy atom. The van der Waals surface area contributed by atoms with Crippen molar-refractivity contribution >= 4 is 17.6 Å². The van der Waals surface area contributed by atoms with Crippen molar-refractivity contribution in [1.29, 1.82) is 0 Å². The van der Waals surface area contributed by atoms with Crippen LogP contribution in [0.15, 0.2) is 6.07 Å². The molecule has 0 aliphatic rings. The van der Waals surface area contributed by atoms with Crippen LogP contribution in [0.25, 0.3) is 0 Å². The quantitative estimate of drug-likeness (QED) is 0.471. The maximum Gasteiger partial charge on any atom is 0.574 e. The molecule has 0 spiro atoms. The average Bonchev–Trinajstić information content (AvgIpc) is 2.35. The predicted octanol–water partition coefficient (Wildman–Crippen LogP) is 3.37. The lowest BCUT2D eigenvalue weighted by atomic mass is 10.1. The molecule has 0 fully saturated rings. The van der Waals surface area contributed by atoms with E-state index < -0.39 is 42.5 Å². The number of carbonyl (C=O) groups excluding carboxylic acids is 1. The number of rotatable bonds is 5. The van der Waals surface area contributed by atoms with Crippen molar-refractivity contribution in [2.45, 2.75) is 25.1 Å². The molecule has 0 saturated carbocycles. The SMILES string of the molecule is COC(=O)Cc1nc(OC(F)(F)F)cc(C(F)F)c1CCl. The molecule has 0 aliphatic heterocycles. The van der Waals surface area contributed by atoms with Gasteiger partial charge in [-0.25, -0.2) is 13.8 Å². The van der Waals surface area contributed by atoms with Crippen LogP contribution in [0.4, 0.5) is 22.0 Å². The van der Waals surface area contributed by atoms with Crippen molar-refractivity contribution in [2.75, 3.05) is 7.11 Å². The molecule has 0 aliphatic carbocycles. The number of hydrogen-bond acceptors (Lipinski definition) is 4. The molecule has 0 bridgehead atoms. The minimum Gasteiger partial charge on any atom is -0.469 e. The van der Waals surface area contributed by atoms with Crippen LogP contribution in [0, 0.1) is 0 Å². The van der Waals surface area contributed by atoms with E-state index in [9.17, 15) is 26.7 Å². The third-order valence-electron chi connectivity index (χ3n) is 2.35. The highest BCUT2D eigenvalue weighted by atomic mass is 35.5. The van der Waals surface area contributed by atoms with Gasteiger partial charge in [-0.2, -0.15) is 0 Å². The zero-order valence-electron chi connectivity index (χ0n) is 10.5. The number of alkyl halides is 6. The Hall–Kier alpha value is -1.64. The molecular formula is C11H9ClF5NO3. The van der Waals surface area contributed by atoms with Crippen molar-refractivity contribution in [2.24, 2.45) is 0 Å². The molecule has 0 saturated heterocycles. The maximum absolute atomic E-state index is 12.9. The van der Waals surface area contributed by atoms with Gasteiger partial charge in [-0.3, -0.25) is 4.79 Å². The van der Waals surface area contributed by atoms with E-state index in [1.54, 1.807) is 0 Å². The normalized spacial score (nSPS) is 11.6. The van der Waals surface area contributed by atoms with E-state index in [1.807, 2.05) is 0 Å². The smallest absolute Gasteiger partial charge is 0.469 e. The lowest BCUT2D eigenvalue weighted by Crippen LogP contribution is -2.19. The lowest BCUT2D eigenvalue weighted by Gasteiger charge is -2.15. The van der Waals surface area contributed by atoms with Gasteiger partial charge in [0.2, 0.25) is 5.88 Å². The summed E-state index contributed by atoms with van der Waals surface area (Å²) >= 11 is 5.50. The first kappa shape index (κ1) is 17.4. The first-order valence-corrected chi connectivity index (χ1v) is 5.90. The van der Waals surface area contributed by atoms with Crippen molar-refractivity contribution in [3.05, 3.63) is 22.9 Å². The van der Waals surface area contributed by atoms with Crippen LogP contribution in [0.5, 0.6) is 5.88 Å². The van der Waals surface area contributed by atoms with E-state index in [1.165, 1.54) is 0 Å². The standard InChI is InChI=1S/C11H9ClF5NO3/c1-20-9(19)3-7-6(4-12)5(10(13)14)2-8(18-7)21-11(15,16)17/h2,10H,3-4H2,1H3. The fraction of sp³-hybridized carbons (Fsp3) is 0.455. The minimum atomic E-state index is -5.10. The highest BCUT2D eigenvalue weighted by molar-refractivity contribution is 6.17. The molecule has 21 heavy (non-hydrogen) atoms.